The first kappa shape index (κ1) is 43.1. The van der Waals surface area contributed by atoms with E-state index in [1.54, 1.807) is 18.2 Å². The summed E-state index contributed by atoms with van der Waals surface area (Å²) >= 11 is 0. The summed E-state index contributed by atoms with van der Waals surface area (Å²) in [7, 11) is 2.54. The molecule has 1 aromatic carbocycles. The quantitative estimate of drug-likeness (QED) is 0.0499. The van der Waals surface area contributed by atoms with Crippen LogP contribution in [-0.2, 0) is 16.5 Å². The van der Waals surface area contributed by atoms with Gasteiger partial charge in [-0.05, 0) is 37.3 Å². The number of hydrogen-bond acceptors (Lipinski definition) is 3. The van der Waals surface area contributed by atoms with E-state index in [4.69, 9.17) is 0 Å². The van der Waals surface area contributed by atoms with Gasteiger partial charge in [0.05, 0.1) is 32.6 Å². The predicted molar refractivity (Wildman–Crippen MR) is 192 cm³/mol. The molecule has 0 saturated carbocycles. The van der Waals surface area contributed by atoms with Crippen LogP contribution < -0.4 is 0 Å². The molecule has 44 heavy (non-hydrogen) atoms. The first-order chi connectivity index (χ1) is 21.1. The Morgan fingerprint density at radius 1 is 0.500 bits per heavy atom. The van der Waals surface area contributed by atoms with Crippen LogP contribution in [0.25, 0.3) is 0 Å². The van der Waals surface area contributed by atoms with Crippen LogP contribution in [-0.4, -0.2) is 45.1 Å². The standard InChI is InChI=1S/C21H46N.C18H30O3S/c1-5-6-7-8-9-10-11-12-13-14-15-16-17-18-19-20-21-22(2,3)4;1-2-3-4-5-6-7-8-9-10-11-14-17-15-12-13-16-18(17)22(19,20)21/h5-21H2,1-4H3;12-13,15-16H,2-11,14H2,1H3,(H,19,20,21)/q+1;/p-1. The van der Waals surface area contributed by atoms with E-state index in [9.17, 15) is 13.0 Å². The van der Waals surface area contributed by atoms with Crippen LogP contribution in [0.1, 0.15) is 186 Å². The Bertz CT molecular complexity index is 847. The molecule has 5 heteroatoms. The van der Waals surface area contributed by atoms with Crippen molar-refractivity contribution in [1.29, 1.82) is 0 Å². The second kappa shape index (κ2) is 29.5. The molecule has 0 fully saturated rings. The largest absolute Gasteiger partial charge is 0.744 e. The minimum absolute atomic E-state index is 0.0501. The number of rotatable bonds is 29. The molecule has 0 aromatic heterocycles. The van der Waals surface area contributed by atoms with Crippen LogP contribution in [0.2, 0.25) is 0 Å². The minimum Gasteiger partial charge on any atom is -0.744 e. The summed E-state index contributed by atoms with van der Waals surface area (Å²) in [6.07, 6.45) is 36.5. The number of unbranched alkanes of at least 4 members (excludes halogenated alkanes) is 24. The monoisotopic (exact) mass is 638 g/mol. The van der Waals surface area contributed by atoms with E-state index in [2.05, 4.69) is 35.0 Å². The Kier molecular flexibility index (Phi) is 28.9. The molecule has 1 rings (SSSR count). The van der Waals surface area contributed by atoms with E-state index in [-0.39, 0.29) is 4.90 Å². The summed E-state index contributed by atoms with van der Waals surface area (Å²) in [5.74, 6) is 0. The van der Waals surface area contributed by atoms with Gasteiger partial charge in [0.2, 0.25) is 0 Å². The van der Waals surface area contributed by atoms with Crippen molar-refractivity contribution in [2.75, 3.05) is 27.7 Å². The molecule has 0 spiro atoms. The van der Waals surface area contributed by atoms with Crippen molar-refractivity contribution in [1.82, 2.24) is 0 Å². The molecule has 0 N–H and O–H groups in total. The van der Waals surface area contributed by atoms with Gasteiger partial charge in [0.15, 0.2) is 0 Å². The van der Waals surface area contributed by atoms with Crippen molar-refractivity contribution >= 4 is 10.1 Å². The molecule has 0 radical (unpaired) electrons. The zero-order chi connectivity index (χ0) is 32.8. The maximum Gasteiger partial charge on any atom is 0.124 e. The lowest BCUT2D eigenvalue weighted by Gasteiger charge is -2.23. The first-order valence-corrected chi connectivity index (χ1v) is 20.4. The van der Waals surface area contributed by atoms with E-state index >= 15 is 0 Å². The van der Waals surface area contributed by atoms with Crippen molar-refractivity contribution in [3.05, 3.63) is 29.8 Å². The van der Waals surface area contributed by atoms with Crippen LogP contribution >= 0.6 is 0 Å². The van der Waals surface area contributed by atoms with Gasteiger partial charge in [-0.1, -0.05) is 180 Å². The van der Waals surface area contributed by atoms with Gasteiger partial charge in [-0.15, -0.1) is 0 Å². The second-order valence-corrected chi connectivity index (χ2v) is 15.7. The first-order valence-electron chi connectivity index (χ1n) is 19.0. The van der Waals surface area contributed by atoms with Gasteiger partial charge in [0, 0.05) is 0 Å². The Morgan fingerprint density at radius 2 is 0.818 bits per heavy atom. The summed E-state index contributed by atoms with van der Waals surface area (Å²) in [4.78, 5) is -0.0501. The smallest absolute Gasteiger partial charge is 0.124 e. The second-order valence-electron chi connectivity index (χ2n) is 14.3. The Hall–Kier alpha value is -0.910. The highest BCUT2D eigenvalue weighted by Crippen LogP contribution is 2.19. The van der Waals surface area contributed by atoms with E-state index in [0.717, 1.165) is 17.3 Å². The minimum atomic E-state index is -4.35. The number of aryl methyl sites for hydroxylation is 1. The van der Waals surface area contributed by atoms with Gasteiger partial charge in [0.25, 0.3) is 0 Å². The molecule has 0 amide bonds. The van der Waals surface area contributed by atoms with Gasteiger partial charge < -0.3 is 9.04 Å². The van der Waals surface area contributed by atoms with Crippen molar-refractivity contribution in [2.24, 2.45) is 0 Å². The van der Waals surface area contributed by atoms with Gasteiger partial charge in [-0.2, -0.15) is 0 Å². The van der Waals surface area contributed by atoms with Gasteiger partial charge in [-0.3, -0.25) is 0 Å². The van der Waals surface area contributed by atoms with Crippen molar-refractivity contribution in [3.63, 3.8) is 0 Å². The third-order valence-electron chi connectivity index (χ3n) is 8.72. The summed E-state index contributed by atoms with van der Waals surface area (Å²) in [5, 5.41) is 0. The van der Waals surface area contributed by atoms with E-state index in [1.807, 2.05) is 0 Å². The highest BCUT2D eigenvalue weighted by atomic mass is 32.2. The molecule has 0 aliphatic heterocycles. The number of benzene rings is 1. The average Bonchev–Trinajstić information content (AvgIpc) is 2.97. The normalized spacial score (nSPS) is 11.9. The van der Waals surface area contributed by atoms with Crippen molar-refractivity contribution in [2.45, 2.75) is 192 Å². The summed E-state index contributed by atoms with van der Waals surface area (Å²) < 4.78 is 34.7. The molecule has 0 atom stereocenters. The molecular weight excluding hydrogens is 563 g/mol. The Morgan fingerprint density at radius 3 is 1.16 bits per heavy atom. The highest BCUT2D eigenvalue weighted by molar-refractivity contribution is 7.85. The van der Waals surface area contributed by atoms with Crippen LogP contribution in [0.5, 0.6) is 0 Å². The van der Waals surface area contributed by atoms with Crippen molar-refractivity contribution in [3.8, 4) is 0 Å². The average molecular weight is 638 g/mol. The van der Waals surface area contributed by atoms with Gasteiger partial charge in [0.1, 0.15) is 10.1 Å². The zero-order valence-electron chi connectivity index (χ0n) is 30.2. The molecule has 0 saturated heterocycles. The van der Waals surface area contributed by atoms with E-state index < -0.39 is 10.1 Å². The van der Waals surface area contributed by atoms with Gasteiger partial charge >= 0.3 is 0 Å². The molecule has 0 aliphatic carbocycles. The maximum absolute atomic E-state index is 11.2. The molecule has 260 valence electrons. The molecule has 0 bridgehead atoms. The Labute approximate surface area is 276 Å². The number of hydrogen-bond donors (Lipinski definition) is 0. The summed E-state index contributed by atoms with van der Waals surface area (Å²) in [6.45, 7) is 5.86. The lowest BCUT2D eigenvalue weighted by Crippen LogP contribution is -2.35. The zero-order valence-corrected chi connectivity index (χ0v) is 31.0. The predicted octanol–water partition coefficient (Wildman–Crippen LogP) is 12.0. The lowest BCUT2D eigenvalue weighted by atomic mass is 10.0. The fourth-order valence-corrected chi connectivity index (χ4v) is 6.63. The van der Waals surface area contributed by atoms with Crippen LogP contribution in [0.15, 0.2) is 29.2 Å². The Balaban J connectivity index is 0.000000840. The number of quaternary nitrogens is 1. The van der Waals surface area contributed by atoms with Crippen LogP contribution in [0.3, 0.4) is 0 Å². The molecule has 0 unspecified atom stereocenters. The maximum atomic E-state index is 11.2. The summed E-state index contributed by atoms with van der Waals surface area (Å²) in [5.41, 5.74) is 0.664. The van der Waals surface area contributed by atoms with E-state index in [1.165, 1.54) is 167 Å². The lowest BCUT2D eigenvalue weighted by molar-refractivity contribution is -0.870. The highest BCUT2D eigenvalue weighted by Gasteiger charge is 2.07. The molecule has 0 aliphatic rings. The third-order valence-corrected chi connectivity index (χ3v) is 9.66. The fourth-order valence-electron chi connectivity index (χ4n) is 5.89. The summed E-state index contributed by atoms with van der Waals surface area (Å²) in [6, 6.07) is 6.56. The van der Waals surface area contributed by atoms with E-state index in [0.29, 0.717) is 12.0 Å². The third kappa shape index (κ3) is 29.8. The number of nitrogens with zero attached hydrogens (tertiary/aromatic N) is 1. The molecule has 0 heterocycles. The molecule has 4 nitrogen and oxygen atoms in total. The van der Waals surface area contributed by atoms with Crippen molar-refractivity contribution < 1.29 is 17.5 Å². The SMILES string of the molecule is CCCCCCCCCCCCCCCCCC[N+](C)(C)C.CCCCCCCCCCCCc1ccccc1S(=O)(=O)[O-]. The fraction of sp³-hybridized carbons (Fsp3) is 0.846. The van der Waals surface area contributed by atoms with Gasteiger partial charge in [-0.25, -0.2) is 8.42 Å². The van der Waals surface area contributed by atoms with Crippen LogP contribution in [0, 0.1) is 0 Å². The topological polar surface area (TPSA) is 57.2 Å². The van der Waals surface area contributed by atoms with Crippen LogP contribution in [0.4, 0.5) is 0 Å². The molecule has 1 aromatic rings. The molecular formula is C39H75NO3S.